The molecule has 8 nitrogen and oxygen atoms in total. The Morgan fingerprint density at radius 3 is 2.53 bits per heavy atom. The van der Waals surface area contributed by atoms with E-state index in [1.165, 1.54) is 13.3 Å². The number of benzene rings is 2. The Labute approximate surface area is 225 Å². The number of carboxylic acids is 1. The van der Waals surface area contributed by atoms with E-state index in [2.05, 4.69) is 0 Å². The number of carbonyl (C=O) groups is 1. The third kappa shape index (κ3) is 5.29. The highest BCUT2D eigenvalue weighted by Crippen LogP contribution is 2.33. The molecule has 38 heavy (non-hydrogen) atoms. The maximum Gasteiger partial charge on any atom is 0.341 e. The summed E-state index contributed by atoms with van der Waals surface area (Å²) in [5, 5.41) is 20.0. The third-order valence-corrected chi connectivity index (χ3v) is 7.66. The summed E-state index contributed by atoms with van der Waals surface area (Å²) in [5.41, 5.74) is 1.96. The minimum atomic E-state index is -1.37. The summed E-state index contributed by atoms with van der Waals surface area (Å²) in [5.74, 6) is -1.89. The largest absolute Gasteiger partial charge is 0.477 e. The predicted molar refractivity (Wildman–Crippen MR) is 144 cm³/mol. The molecule has 0 radical (unpaired) electrons. The first-order chi connectivity index (χ1) is 18.2. The van der Waals surface area contributed by atoms with Crippen LogP contribution in [0.5, 0.6) is 0 Å². The van der Waals surface area contributed by atoms with Crippen molar-refractivity contribution < 1.29 is 28.9 Å². The molecule has 0 bridgehead atoms. The summed E-state index contributed by atoms with van der Waals surface area (Å²) >= 11 is 6.45. The quantitative estimate of drug-likeness (QED) is 0.417. The van der Waals surface area contributed by atoms with Crippen LogP contribution < -0.4 is 10.3 Å². The van der Waals surface area contributed by atoms with Gasteiger partial charge in [-0.3, -0.25) is 4.79 Å². The molecular formula is C28H32ClFN2O6. The summed E-state index contributed by atoms with van der Waals surface area (Å²) in [6, 6.07) is 6.31. The summed E-state index contributed by atoms with van der Waals surface area (Å²) in [4.78, 5) is 27.1. The van der Waals surface area contributed by atoms with Crippen LogP contribution in [0.2, 0.25) is 5.02 Å². The summed E-state index contributed by atoms with van der Waals surface area (Å²) in [7, 11) is 1.50. The Morgan fingerprint density at radius 1 is 1.21 bits per heavy atom. The standard InChI is InChI=1S/C28H32ClFN2O6/c1-4-17-13-23-20(27(34)21(28(35)36)14-32(23)24(15-33)16(2)37-3)12-19(17)11-18-5-6-22(25(29)26(18)30)31-7-9-38-10-8-31/h5-6,12-14,16,24,33H,4,7-11,15H2,1-3H3,(H,35,36)/t16-,24+/m0/s1. The number of hydrogen-bond acceptors (Lipinski definition) is 6. The van der Waals surface area contributed by atoms with Gasteiger partial charge in [-0.25, -0.2) is 9.18 Å². The highest BCUT2D eigenvalue weighted by molar-refractivity contribution is 6.33. The Kier molecular flexibility index (Phi) is 8.72. The van der Waals surface area contributed by atoms with E-state index in [0.29, 0.717) is 55.1 Å². The number of halogens is 2. The van der Waals surface area contributed by atoms with Crippen molar-refractivity contribution >= 4 is 34.2 Å². The van der Waals surface area contributed by atoms with Gasteiger partial charge in [0.25, 0.3) is 0 Å². The lowest BCUT2D eigenvalue weighted by molar-refractivity contribution is 0.0456. The normalized spacial score (nSPS) is 15.6. The second kappa shape index (κ2) is 11.8. The number of aryl methyl sites for hydroxylation is 1. The smallest absolute Gasteiger partial charge is 0.341 e. The van der Waals surface area contributed by atoms with Crippen molar-refractivity contribution in [2.45, 2.75) is 38.8 Å². The van der Waals surface area contributed by atoms with E-state index in [-0.39, 0.29) is 23.4 Å². The molecule has 204 valence electrons. The molecule has 1 aliphatic heterocycles. The number of aromatic nitrogens is 1. The van der Waals surface area contributed by atoms with Crippen molar-refractivity contribution in [3.05, 3.63) is 73.8 Å². The van der Waals surface area contributed by atoms with Crippen molar-refractivity contribution in [1.82, 2.24) is 4.57 Å². The second-order valence-electron chi connectivity index (χ2n) is 9.41. The highest BCUT2D eigenvalue weighted by atomic mass is 35.5. The van der Waals surface area contributed by atoms with E-state index in [1.54, 1.807) is 29.7 Å². The Morgan fingerprint density at radius 2 is 1.92 bits per heavy atom. The molecule has 3 aromatic rings. The zero-order valence-electron chi connectivity index (χ0n) is 21.7. The van der Waals surface area contributed by atoms with Gasteiger partial charge in [0.15, 0.2) is 0 Å². The molecule has 0 spiro atoms. The van der Waals surface area contributed by atoms with Gasteiger partial charge in [-0.05, 0) is 48.2 Å². The van der Waals surface area contributed by atoms with Crippen LogP contribution in [-0.4, -0.2) is 66.9 Å². The third-order valence-electron chi connectivity index (χ3n) is 7.30. The number of aliphatic hydroxyl groups excluding tert-OH is 1. The first kappa shape index (κ1) is 28.0. The van der Waals surface area contributed by atoms with Crippen molar-refractivity contribution in [2.75, 3.05) is 44.9 Å². The fraction of sp³-hybridized carbons (Fsp3) is 0.429. The monoisotopic (exact) mass is 546 g/mol. The molecule has 0 aliphatic carbocycles. The minimum Gasteiger partial charge on any atom is -0.477 e. The van der Waals surface area contributed by atoms with Gasteiger partial charge < -0.3 is 29.2 Å². The van der Waals surface area contributed by atoms with Gasteiger partial charge in [0.1, 0.15) is 11.4 Å². The topological polar surface area (TPSA) is 101 Å². The molecule has 1 fully saturated rings. The van der Waals surface area contributed by atoms with Crippen LogP contribution in [-0.2, 0) is 22.3 Å². The molecule has 10 heteroatoms. The molecule has 2 heterocycles. The van der Waals surface area contributed by atoms with E-state index < -0.39 is 34.9 Å². The number of fused-ring (bicyclic) bond motifs is 1. The van der Waals surface area contributed by atoms with Crippen LogP contribution in [0, 0.1) is 5.82 Å². The number of carboxylic acid groups (broad SMARTS) is 1. The zero-order valence-corrected chi connectivity index (χ0v) is 22.4. The van der Waals surface area contributed by atoms with Crippen LogP contribution in [0.4, 0.5) is 10.1 Å². The van der Waals surface area contributed by atoms with Crippen LogP contribution in [0.1, 0.15) is 46.9 Å². The van der Waals surface area contributed by atoms with Gasteiger partial charge in [0.2, 0.25) is 5.43 Å². The Bertz CT molecular complexity index is 1400. The van der Waals surface area contributed by atoms with Crippen LogP contribution in [0.25, 0.3) is 10.9 Å². The minimum absolute atomic E-state index is 0.0399. The summed E-state index contributed by atoms with van der Waals surface area (Å²) < 4.78 is 27.8. The predicted octanol–water partition coefficient (Wildman–Crippen LogP) is 4.05. The van der Waals surface area contributed by atoms with Crippen LogP contribution >= 0.6 is 11.6 Å². The van der Waals surface area contributed by atoms with E-state index in [0.717, 1.165) is 5.56 Å². The summed E-state index contributed by atoms with van der Waals surface area (Å²) in [6.07, 6.45) is 1.55. The maximum atomic E-state index is 15.5. The number of anilines is 1. The van der Waals surface area contributed by atoms with E-state index in [1.807, 2.05) is 17.9 Å². The Balaban J connectivity index is 1.85. The number of ether oxygens (including phenoxy) is 2. The molecule has 4 rings (SSSR count). The first-order valence-corrected chi connectivity index (χ1v) is 13.0. The average Bonchev–Trinajstić information content (AvgIpc) is 2.92. The number of methoxy groups -OCH3 is 1. The Hall–Kier alpha value is -2.98. The highest BCUT2D eigenvalue weighted by Gasteiger charge is 2.25. The average molecular weight is 547 g/mol. The molecule has 2 atom stereocenters. The van der Waals surface area contributed by atoms with Crippen LogP contribution in [0.15, 0.2) is 35.3 Å². The van der Waals surface area contributed by atoms with Gasteiger partial charge in [0, 0.05) is 38.2 Å². The molecule has 1 saturated heterocycles. The van der Waals surface area contributed by atoms with Gasteiger partial charge in [-0.15, -0.1) is 0 Å². The molecule has 0 amide bonds. The number of aliphatic hydroxyl groups is 1. The first-order valence-electron chi connectivity index (χ1n) is 12.6. The van der Waals surface area contributed by atoms with E-state index >= 15 is 4.39 Å². The fourth-order valence-electron chi connectivity index (χ4n) is 4.99. The van der Waals surface area contributed by atoms with Crippen molar-refractivity contribution in [1.29, 1.82) is 0 Å². The second-order valence-corrected chi connectivity index (χ2v) is 9.79. The van der Waals surface area contributed by atoms with Gasteiger partial charge in [0.05, 0.1) is 48.2 Å². The number of nitrogens with zero attached hydrogens (tertiary/aromatic N) is 2. The molecule has 0 saturated carbocycles. The molecule has 0 unspecified atom stereocenters. The molecule has 2 aromatic carbocycles. The SMILES string of the molecule is CCc1cc2c(cc1Cc1ccc(N3CCOCC3)c(Cl)c1F)c(=O)c(C(=O)O)cn2[C@H](CO)[C@H](C)OC. The van der Waals surface area contributed by atoms with Gasteiger partial charge >= 0.3 is 5.97 Å². The van der Waals surface area contributed by atoms with Crippen molar-refractivity contribution in [2.24, 2.45) is 0 Å². The number of hydrogen-bond donors (Lipinski definition) is 2. The van der Waals surface area contributed by atoms with Gasteiger partial charge in [-0.1, -0.05) is 24.6 Å². The lowest BCUT2D eigenvalue weighted by atomic mass is 9.94. The number of pyridine rings is 1. The van der Waals surface area contributed by atoms with Crippen LogP contribution in [0.3, 0.4) is 0 Å². The van der Waals surface area contributed by atoms with Crippen molar-refractivity contribution in [3.8, 4) is 0 Å². The molecule has 1 aromatic heterocycles. The molecule has 1 aliphatic rings. The van der Waals surface area contributed by atoms with Crippen molar-refractivity contribution in [3.63, 3.8) is 0 Å². The zero-order chi connectivity index (χ0) is 27.6. The number of rotatable bonds is 9. The lowest BCUT2D eigenvalue weighted by Gasteiger charge is -2.30. The molecular weight excluding hydrogens is 515 g/mol. The maximum absolute atomic E-state index is 15.5. The fourth-order valence-corrected chi connectivity index (χ4v) is 5.30. The molecule has 2 N–H and O–H groups in total. The number of morpholine rings is 1. The summed E-state index contributed by atoms with van der Waals surface area (Å²) in [6.45, 7) is 5.72. The van der Waals surface area contributed by atoms with Gasteiger partial charge in [-0.2, -0.15) is 0 Å². The van der Waals surface area contributed by atoms with E-state index in [4.69, 9.17) is 21.1 Å². The van der Waals surface area contributed by atoms with E-state index in [9.17, 15) is 19.8 Å². The lowest BCUT2D eigenvalue weighted by Crippen LogP contribution is -2.36. The number of aromatic carboxylic acids is 1.